The second-order valence-corrected chi connectivity index (χ2v) is 4.52. The number of nitrogens with zero attached hydrogens (tertiary/aromatic N) is 1. The van der Waals surface area contributed by atoms with Gasteiger partial charge in [0.15, 0.2) is 5.78 Å². The second-order valence-electron chi connectivity index (χ2n) is 4.52. The van der Waals surface area contributed by atoms with Crippen LogP contribution in [0.1, 0.15) is 34.9 Å². The summed E-state index contributed by atoms with van der Waals surface area (Å²) in [5.41, 5.74) is 0.0739. The third-order valence-electron chi connectivity index (χ3n) is 2.88. The molecule has 118 valence electrons. The molecule has 0 fully saturated rings. The minimum Gasteiger partial charge on any atom is -0.389 e. The first-order chi connectivity index (χ1) is 10.2. The van der Waals surface area contributed by atoms with Gasteiger partial charge in [-0.05, 0) is 5.56 Å². The van der Waals surface area contributed by atoms with E-state index in [1.807, 2.05) is 0 Å². The number of carbonyl (C=O) groups is 2. The van der Waals surface area contributed by atoms with E-state index in [2.05, 4.69) is 0 Å². The van der Waals surface area contributed by atoms with E-state index in [0.717, 1.165) is 12.1 Å². The highest BCUT2D eigenvalue weighted by atomic mass is 19.4. The van der Waals surface area contributed by atoms with Gasteiger partial charge in [-0.3, -0.25) is 9.59 Å². The van der Waals surface area contributed by atoms with E-state index in [-0.39, 0.29) is 17.5 Å². The highest BCUT2D eigenvalue weighted by Gasteiger charge is 2.39. The maximum absolute atomic E-state index is 12.1. The van der Waals surface area contributed by atoms with Crippen LogP contribution in [-0.4, -0.2) is 34.1 Å². The van der Waals surface area contributed by atoms with Gasteiger partial charge in [-0.1, -0.05) is 24.3 Å². The number of aliphatic hydroxyl groups excluding tert-OH is 2. The normalized spacial score (nSPS) is 14.0. The molecule has 2 unspecified atom stereocenters. The number of aliphatic hydroxyl groups is 2. The Kier molecular flexibility index (Phi) is 5.79. The standard InChI is InChI=1S/C14H12F3NO4/c15-14(16,17)12(21)7-11(20)8-1-3-9(4-2-8)13(22)10(19)5-6-18/h1-4,10,13,19,22H,5,7H2. The fourth-order valence-corrected chi connectivity index (χ4v) is 1.64. The predicted octanol–water partition coefficient (Wildman–Crippen LogP) is 1.70. The number of hydrogen-bond acceptors (Lipinski definition) is 5. The zero-order valence-corrected chi connectivity index (χ0v) is 11.2. The van der Waals surface area contributed by atoms with Crippen molar-refractivity contribution in [1.29, 1.82) is 5.26 Å². The fraction of sp³-hybridized carbons (Fsp3) is 0.357. The van der Waals surface area contributed by atoms with Crippen LogP contribution in [-0.2, 0) is 4.79 Å². The quantitative estimate of drug-likeness (QED) is 0.615. The lowest BCUT2D eigenvalue weighted by Crippen LogP contribution is -2.25. The maximum atomic E-state index is 12.1. The zero-order chi connectivity index (χ0) is 16.9. The van der Waals surface area contributed by atoms with Gasteiger partial charge in [-0.25, -0.2) is 0 Å². The third kappa shape index (κ3) is 4.65. The van der Waals surface area contributed by atoms with Gasteiger partial charge in [0, 0.05) is 5.56 Å². The summed E-state index contributed by atoms with van der Waals surface area (Å²) < 4.78 is 36.2. The fourth-order valence-electron chi connectivity index (χ4n) is 1.64. The average molecular weight is 315 g/mol. The van der Waals surface area contributed by atoms with Crippen molar-refractivity contribution >= 4 is 11.6 Å². The molecule has 0 spiro atoms. The Morgan fingerprint density at radius 1 is 1.18 bits per heavy atom. The van der Waals surface area contributed by atoms with Crippen LogP contribution in [0.3, 0.4) is 0 Å². The highest BCUT2D eigenvalue weighted by Crippen LogP contribution is 2.22. The van der Waals surface area contributed by atoms with E-state index in [4.69, 9.17) is 5.26 Å². The lowest BCUT2D eigenvalue weighted by atomic mass is 9.99. The molecule has 8 heteroatoms. The molecule has 0 heterocycles. The summed E-state index contributed by atoms with van der Waals surface area (Å²) in [6.07, 6.45) is -9.34. The van der Waals surface area contributed by atoms with Gasteiger partial charge in [0.25, 0.3) is 0 Å². The Bertz CT molecular complexity index is 590. The van der Waals surface area contributed by atoms with Crippen LogP contribution in [0.2, 0.25) is 0 Å². The van der Waals surface area contributed by atoms with Gasteiger partial charge in [0.05, 0.1) is 25.0 Å². The van der Waals surface area contributed by atoms with Crippen LogP contribution in [0.25, 0.3) is 0 Å². The van der Waals surface area contributed by atoms with E-state index in [1.165, 1.54) is 12.1 Å². The van der Waals surface area contributed by atoms with Crippen molar-refractivity contribution in [2.24, 2.45) is 0 Å². The average Bonchev–Trinajstić information content (AvgIpc) is 2.45. The van der Waals surface area contributed by atoms with Crippen LogP contribution >= 0.6 is 0 Å². The lowest BCUT2D eigenvalue weighted by molar-refractivity contribution is -0.170. The Balaban J connectivity index is 2.79. The van der Waals surface area contributed by atoms with Crippen LogP contribution in [0.15, 0.2) is 24.3 Å². The Labute approximate surface area is 123 Å². The minimum absolute atomic E-state index is 0.122. The molecule has 0 saturated heterocycles. The Morgan fingerprint density at radius 3 is 2.18 bits per heavy atom. The molecule has 0 aliphatic carbocycles. The Morgan fingerprint density at radius 2 is 1.73 bits per heavy atom. The number of hydrogen-bond donors (Lipinski definition) is 2. The van der Waals surface area contributed by atoms with Crippen molar-refractivity contribution in [2.45, 2.75) is 31.2 Å². The molecule has 5 nitrogen and oxygen atoms in total. The first-order valence-corrected chi connectivity index (χ1v) is 6.13. The smallest absolute Gasteiger partial charge is 0.389 e. The van der Waals surface area contributed by atoms with Crippen molar-refractivity contribution in [3.05, 3.63) is 35.4 Å². The molecule has 0 aliphatic rings. The molecular formula is C14H12F3NO4. The topological polar surface area (TPSA) is 98.4 Å². The molecule has 2 atom stereocenters. The number of nitriles is 1. The molecule has 0 aromatic heterocycles. The molecule has 22 heavy (non-hydrogen) atoms. The molecule has 0 saturated carbocycles. The number of rotatable bonds is 6. The van der Waals surface area contributed by atoms with Crippen molar-refractivity contribution in [2.75, 3.05) is 0 Å². The minimum atomic E-state index is -5.06. The number of Topliss-reactive ketones (excluding diaryl/α,β-unsaturated/α-hetero) is 2. The summed E-state index contributed by atoms with van der Waals surface area (Å²) in [4.78, 5) is 22.3. The predicted molar refractivity (Wildman–Crippen MR) is 67.6 cm³/mol. The summed E-state index contributed by atoms with van der Waals surface area (Å²) >= 11 is 0. The highest BCUT2D eigenvalue weighted by molar-refractivity contribution is 6.09. The SMILES string of the molecule is N#CCC(O)C(O)c1ccc(C(=O)CC(=O)C(F)(F)F)cc1. The molecular weight excluding hydrogens is 303 g/mol. The molecule has 0 aliphatic heterocycles. The molecule has 1 rings (SSSR count). The second kappa shape index (κ2) is 7.15. The lowest BCUT2D eigenvalue weighted by Gasteiger charge is -2.15. The van der Waals surface area contributed by atoms with E-state index in [1.54, 1.807) is 6.07 Å². The molecule has 1 aromatic rings. The summed E-state index contributed by atoms with van der Waals surface area (Å²) in [6.45, 7) is 0. The number of ketones is 2. The van der Waals surface area contributed by atoms with Gasteiger partial charge in [0.1, 0.15) is 6.10 Å². The van der Waals surface area contributed by atoms with Gasteiger partial charge in [-0.2, -0.15) is 18.4 Å². The monoisotopic (exact) mass is 315 g/mol. The third-order valence-corrected chi connectivity index (χ3v) is 2.88. The zero-order valence-electron chi connectivity index (χ0n) is 11.2. The molecule has 0 bridgehead atoms. The van der Waals surface area contributed by atoms with Gasteiger partial charge in [0.2, 0.25) is 5.78 Å². The summed E-state index contributed by atoms with van der Waals surface area (Å²) in [5.74, 6) is -3.13. The van der Waals surface area contributed by atoms with E-state index < -0.39 is 36.4 Å². The molecule has 2 N–H and O–H groups in total. The van der Waals surface area contributed by atoms with Crippen molar-refractivity contribution in [3.8, 4) is 6.07 Å². The number of alkyl halides is 3. The van der Waals surface area contributed by atoms with Crippen molar-refractivity contribution in [3.63, 3.8) is 0 Å². The van der Waals surface area contributed by atoms with Crippen molar-refractivity contribution in [1.82, 2.24) is 0 Å². The maximum Gasteiger partial charge on any atom is 0.450 e. The number of halogens is 3. The molecule has 0 radical (unpaired) electrons. The Hall–Kier alpha value is -2.24. The molecule has 0 amide bonds. The first-order valence-electron chi connectivity index (χ1n) is 6.13. The molecule has 1 aromatic carbocycles. The van der Waals surface area contributed by atoms with Gasteiger partial charge >= 0.3 is 6.18 Å². The van der Waals surface area contributed by atoms with Crippen LogP contribution < -0.4 is 0 Å². The number of carbonyl (C=O) groups excluding carboxylic acids is 2. The summed E-state index contributed by atoms with van der Waals surface area (Å²) in [6, 6.07) is 6.43. The van der Waals surface area contributed by atoms with E-state index >= 15 is 0 Å². The van der Waals surface area contributed by atoms with E-state index in [0.29, 0.717) is 0 Å². The van der Waals surface area contributed by atoms with Gasteiger partial charge < -0.3 is 10.2 Å². The van der Waals surface area contributed by atoms with Crippen LogP contribution in [0.5, 0.6) is 0 Å². The van der Waals surface area contributed by atoms with Crippen molar-refractivity contribution < 1.29 is 33.0 Å². The van der Waals surface area contributed by atoms with Crippen LogP contribution in [0.4, 0.5) is 13.2 Å². The summed E-state index contributed by atoms with van der Waals surface area (Å²) in [5, 5.41) is 27.6. The van der Waals surface area contributed by atoms with Crippen LogP contribution in [0, 0.1) is 11.3 Å². The number of benzene rings is 1. The summed E-state index contributed by atoms with van der Waals surface area (Å²) in [7, 11) is 0. The first kappa shape index (κ1) is 17.8. The van der Waals surface area contributed by atoms with E-state index in [9.17, 15) is 33.0 Å². The van der Waals surface area contributed by atoms with Gasteiger partial charge in [-0.15, -0.1) is 0 Å². The largest absolute Gasteiger partial charge is 0.450 e.